The Balaban J connectivity index is -0.000000578. The van der Waals surface area contributed by atoms with Gasteiger partial charge < -0.3 is 26.0 Å². The van der Waals surface area contributed by atoms with Crippen molar-refractivity contribution in [3.63, 3.8) is 0 Å². The number of hydrogen-bond acceptors (Lipinski definition) is 11. The molecule has 0 aliphatic rings. The highest BCUT2D eigenvalue weighted by Gasteiger charge is 2.17. The van der Waals surface area contributed by atoms with Crippen LogP contribution in [0.2, 0.25) is 0 Å². The highest BCUT2D eigenvalue weighted by molar-refractivity contribution is 8.76. The Kier molecular flexibility index (Phi) is 65.6. The topological polar surface area (TPSA) is 148 Å². The van der Waals surface area contributed by atoms with E-state index in [9.17, 15) is 19.5 Å². The van der Waals surface area contributed by atoms with E-state index in [4.69, 9.17) is 10.2 Å². The van der Waals surface area contributed by atoms with Crippen LogP contribution in [0.5, 0.6) is 0 Å². The fourth-order valence-corrected chi connectivity index (χ4v) is 5.33. The number of carbonyl (C=O) groups is 3. The number of nitrogens with one attached hydrogen (secondary N) is 3. The van der Waals surface area contributed by atoms with Gasteiger partial charge in [0.2, 0.25) is 11.8 Å². The van der Waals surface area contributed by atoms with Crippen molar-refractivity contribution in [2.75, 3.05) is 44.1 Å². The maximum atomic E-state index is 12.3. The van der Waals surface area contributed by atoms with Crippen molar-refractivity contribution in [2.24, 2.45) is 0 Å². The normalized spacial score (nSPS) is 11.0. The van der Waals surface area contributed by atoms with Crippen LogP contribution in [0.4, 0.5) is 0 Å². The number of hydrogen-bond donors (Lipinski definition) is 6. The van der Waals surface area contributed by atoms with Crippen LogP contribution in [0, 0.1) is 0 Å². The first-order valence-corrected chi connectivity index (χ1v) is 28.6. The van der Waals surface area contributed by atoms with Crippen molar-refractivity contribution in [3.05, 3.63) is 24.7 Å². The predicted molar refractivity (Wildman–Crippen MR) is 264 cm³/mol. The molecule has 336 valence electrons. The fraction of sp³-hybridized carbons (Fsp3) is 0.829. The third-order valence-corrected chi connectivity index (χ3v) is 11.2. The quantitative estimate of drug-likeness (QED) is 0.0161. The number of carboxylic acids is 1. The van der Waals surface area contributed by atoms with Crippen molar-refractivity contribution < 1.29 is 29.7 Å². The molecule has 0 aromatic rings. The van der Waals surface area contributed by atoms with Gasteiger partial charge in [-0.1, -0.05) is 169 Å². The van der Waals surface area contributed by atoms with Gasteiger partial charge in [0.1, 0.15) is 11.8 Å². The largest absolute Gasteiger partial charge is 0.513 e. The minimum atomic E-state index is -0.902. The number of unbranched alkanes of at least 4 members (excludes halogenated alkanes) is 16. The van der Waals surface area contributed by atoms with Crippen molar-refractivity contribution in [2.45, 2.75) is 174 Å². The molecule has 0 heterocycles. The van der Waals surface area contributed by atoms with E-state index in [1.807, 2.05) is 26.4 Å². The Labute approximate surface area is 367 Å². The summed E-state index contributed by atoms with van der Waals surface area (Å²) in [7, 11) is 9.30. The second kappa shape index (κ2) is 56.7. The Morgan fingerprint density at radius 2 is 0.911 bits per heavy atom. The van der Waals surface area contributed by atoms with E-state index in [2.05, 4.69) is 63.3 Å². The van der Waals surface area contributed by atoms with Crippen LogP contribution < -0.4 is 15.7 Å². The predicted octanol–water partition coefficient (Wildman–Crippen LogP) is 12.8. The molecule has 6 N–H and O–H groups in total. The maximum absolute atomic E-state index is 12.3. The first kappa shape index (κ1) is 64.8. The molecule has 3 atom stereocenters. The molecule has 2 unspecified atom stereocenters. The van der Waals surface area contributed by atoms with Crippen molar-refractivity contribution >= 4 is 82.1 Å². The van der Waals surface area contributed by atoms with Crippen molar-refractivity contribution in [1.82, 2.24) is 15.7 Å². The van der Waals surface area contributed by atoms with Gasteiger partial charge in [0.25, 0.3) is 0 Å². The SMILES string of the molecule is C=C(O)CCCCCCCCCCCCCCCCCCC(=O)N[C@@H](CCC(=O)NCCCCC(NP)C(=O)O)C(=C)O.CC.CSC.CSSC.CSSC. The standard InChI is InChI=1S/C33H62N3O6P.2C2H6S2.C2H6S.C2H6/c1-27(37)21-17-15-13-11-9-7-5-3-4-6-8-10-12-14-16-18-23-32(40)35-29(28(2)38)24-25-31(39)34-26-20-19-22-30(36-43)33(41)42;2*1-3-4-2;1-3-2;1-2/h29-30,36-38H,1-26,43H2,(H,34,39)(H,35,40)(H,41,42);2*1-2H3;1-2H3;1-2H3/t29-,30?;;;;/m0..../s1. The van der Waals surface area contributed by atoms with Gasteiger partial charge in [-0.3, -0.25) is 19.5 Å². The van der Waals surface area contributed by atoms with E-state index in [-0.39, 0.29) is 30.4 Å². The summed E-state index contributed by atoms with van der Waals surface area (Å²) in [6.07, 6.45) is 35.1. The Hall–Kier alpha value is -0.370. The van der Waals surface area contributed by atoms with Crippen LogP contribution in [0.3, 0.4) is 0 Å². The van der Waals surface area contributed by atoms with Gasteiger partial charge in [-0.25, -0.2) is 0 Å². The molecule has 15 heteroatoms. The van der Waals surface area contributed by atoms with Crippen LogP contribution in [-0.2, 0) is 14.4 Å². The molecule has 0 bridgehead atoms. The summed E-state index contributed by atoms with van der Waals surface area (Å²) in [6, 6.07) is -1.26. The molecule has 0 aromatic heterocycles. The Morgan fingerprint density at radius 1 is 0.536 bits per heavy atom. The summed E-state index contributed by atoms with van der Waals surface area (Å²) in [5, 5.41) is 36.2. The van der Waals surface area contributed by atoms with E-state index >= 15 is 0 Å². The zero-order valence-electron chi connectivity index (χ0n) is 36.7. The summed E-state index contributed by atoms with van der Waals surface area (Å²) >= 11 is 1.75. The molecule has 9 nitrogen and oxygen atoms in total. The molecular weight excluding hydrogens is 822 g/mol. The number of carbonyl (C=O) groups excluding carboxylic acids is 2. The first-order valence-electron chi connectivity index (χ1n) is 20.4. The number of aliphatic carboxylic acids is 1. The zero-order valence-corrected chi connectivity index (χ0v) is 42.0. The first-order chi connectivity index (χ1) is 26.9. The van der Waals surface area contributed by atoms with E-state index in [1.165, 1.54) is 77.0 Å². The molecule has 0 rings (SSSR count). The lowest BCUT2D eigenvalue weighted by Crippen LogP contribution is -2.37. The van der Waals surface area contributed by atoms with Crippen LogP contribution in [0.25, 0.3) is 0 Å². The van der Waals surface area contributed by atoms with Crippen molar-refractivity contribution in [3.8, 4) is 0 Å². The van der Waals surface area contributed by atoms with Gasteiger partial charge >= 0.3 is 5.97 Å². The number of rotatable bonds is 33. The fourth-order valence-electron chi connectivity index (χ4n) is 5.02. The number of thioether (sulfide) groups is 1. The molecule has 0 aromatic carbocycles. The van der Waals surface area contributed by atoms with Gasteiger partial charge in [0.05, 0.1) is 11.8 Å². The maximum Gasteiger partial charge on any atom is 0.320 e. The molecule has 0 fully saturated rings. The van der Waals surface area contributed by atoms with Crippen LogP contribution in [-0.4, -0.2) is 89.3 Å². The summed E-state index contributed by atoms with van der Waals surface area (Å²) in [6.45, 7) is 11.5. The van der Waals surface area contributed by atoms with E-state index < -0.39 is 18.1 Å². The zero-order chi connectivity index (χ0) is 43.7. The molecular formula is C41H86N3O6PS5. The van der Waals surface area contributed by atoms with Gasteiger partial charge in [-0.05, 0) is 76.1 Å². The number of aliphatic hydroxyl groups is 2. The minimum Gasteiger partial charge on any atom is -0.513 e. The average Bonchev–Trinajstić information content (AvgIpc) is 3.18. The summed E-state index contributed by atoms with van der Waals surface area (Å²) in [5.74, 6) is -1.05. The highest BCUT2D eigenvalue weighted by Crippen LogP contribution is 2.15. The van der Waals surface area contributed by atoms with Gasteiger partial charge in [-0.2, -0.15) is 11.8 Å². The molecule has 2 amide bonds. The summed E-state index contributed by atoms with van der Waals surface area (Å²) in [5.41, 5.74) is 0. The lowest BCUT2D eigenvalue weighted by molar-refractivity contribution is -0.139. The van der Waals surface area contributed by atoms with E-state index in [0.717, 1.165) is 32.1 Å². The summed E-state index contributed by atoms with van der Waals surface area (Å²) < 4.78 is 0. The minimum absolute atomic E-state index is 0.135. The van der Waals surface area contributed by atoms with Gasteiger partial charge in [-0.15, -0.1) is 0 Å². The third-order valence-electron chi connectivity index (χ3n) is 8.09. The van der Waals surface area contributed by atoms with Crippen molar-refractivity contribution in [1.29, 1.82) is 0 Å². The van der Waals surface area contributed by atoms with Gasteiger partial charge in [0, 0.05) is 25.8 Å². The molecule has 0 radical (unpaired) electrons. The van der Waals surface area contributed by atoms with Crippen LogP contribution >= 0.6 is 64.3 Å². The Bertz CT molecular complexity index is 874. The molecule has 56 heavy (non-hydrogen) atoms. The number of carboxylic acid groups (broad SMARTS) is 1. The van der Waals surface area contributed by atoms with E-state index in [0.29, 0.717) is 38.0 Å². The van der Waals surface area contributed by atoms with Crippen LogP contribution in [0.1, 0.15) is 162 Å². The molecule has 0 aliphatic heterocycles. The Morgan fingerprint density at radius 3 is 1.23 bits per heavy atom. The van der Waals surface area contributed by atoms with Gasteiger partial charge in [0.15, 0.2) is 0 Å². The van der Waals surface area contributed by atoms with E-state index in [1.54, 1.807) is 54.9 Å². The molecule has 0 spiro atoms. The lowest BCUT2D eigenvalue weighted by Gasteiger charge is -2.17. The smallest absolute Gasteiger partial charge is 0.320 e. The lowest BCUT2D eigenvalue weighted by atomic mass is 10.0. The number of aliphatic hydroxyl groups excluding tert-OH is 2. The number of allylic oxidation sites excluding steroid dienone is 1. The number of amides is 2. The second-order valence-electron chi connectivity index (χ2n) is 12.9. The second-order valence-corrected chi connectivity index (χ2v) is 19.3. The summed E-state index contributed by atoms with van der Waals surface area (Å²) in [4.78, 5) is 35.4. The highest BCUT2D eigenvalue weighted by atomic mass is 33.1. The molecule has 0 saturated heterocycles. The molecule has 0 saturated carbocycles. The third kappa shape index (κ3) is 60.3. The monoisotopic (exact) mass is 907 g/mol. The molecule has 0 aliphatic carbocycles. The van der Waals surface area contributed by atoms with Crippen LogP contribution in [0.15, 0.2) is 24.7 Å². The average molecular weight is 908 g/mol.